The van der Waals surface area contributed by atoms with Gasteiger partial charge in [-0.1, -0.05) is 17.7 Å². The van der Waals surface area contributed by atoms with Gasteiger partial charge in [-0.3, -0.25) is 4.79 Å². The summed E-state index contributed by atoms with van der Waals surface area (Å²) in [6, 6.07) is 6.36. The Bertz CT molecular complexity index is 492. The van der Waals surface area contributed by atoms with Crippen LogP contribution in [0.5, 0.6) is 0 Å². The van der Waals surface area contributed by atoms with E-state index in [4.69, 9.17) is 17.3 Å². The summed E-state index contributed by atoms with van der Waals surface area (Å²) in [5.41, 5.74) is 6.69. The van der Waals surface area contributed by atoms with Gasteiger partial charge in [-0.15, -0.1) is 0 Å². The van der Waals surface area contributed by atoms with Crippen molar-refractivity contribution < 1.29 is 4.79 Å². The number of primary amides is 1. The molecule has 20 heavy (non-hydrogen) atoms. The smallest absolute Gasteiger partial charge is 0.248 e. The van der Waals surface area contributed by atoms with E-state index in [1.165, 1.54) is 0 Å². The standard InChI is InChI=1S/C15H22ClN3O/c1-10-7-13(5-6-19(10)2)18-9-12-4-3-11(15(17)20)8-14(12)16/h3-4,8,10,13,18H,5-7,9H2,1-2H3,(H2,17,20). The molecule has 5 heteroatoms. The molecule has 0 spiro atoms. The molecule has 0 aliphatic carbocycles. The molecular weight excluding hydrogens is 274 g/mol. The lowest BCUT2D eigenvalue weighted by Crippen LogP contribution is -2.45. The number of nitrogens with one attached hydrogen (secondary N) is 1. The number of likely N-dealkylation sites (tertiary alicyclic amines) is 1. The number of nitrogens with zero attached hydrogens (tertiary/aromatic N) is 1. The van der Waals surface area contributed by atoms with Gasteiger partial charge in [-0.05, 0) is 51.1 Å². The molecule has 0 saturated carbocycles. The second-order valence-corrected chi connectivity index (χ2v) is 6.01. The maximum atomic E-state index is 11.1. The van der Waals surface area contributed by atoms with E-state index < -0.39 is 5.91 Å². The van der Waals surface area contributed by atoms with Crippen LogP contribution in [-0.4, -0.2) is 36.5 Å². The van der Waals surface area contributed by atoms with Crippen LogP contribution in [0.25, 0.3) is 0 Å². The van der Waals surface area contributed by atoms with Crippen LogP contribution in [0.15, 0.2) is 18.2 Å². The fraction of sp³-hybridized carbons (Fsp3) is 0.533. The molecule has 4 nitrogen and oxygen atoms in total. The largest absolute Gasteiger partial charge is 0.366 e. The van der Waals surface area contributed by atoms with Gasteiger partial charge < -0.3 is 16.0 Å². The summed E-state index contributed by atoms with van der Waals surface area (Å²) >= 11 is 6.19. The normalized spacial score (nSPS) is 23.8. The predicted molar refractivity (Wildman–Crippen MR) is 81.9 cm³/mol. The van der Waals surface area contributed by atoms with E-state index in [2.05, 4.69) is 24.2 Å². The molecule has 2 unspecified atom stereocenters. The van der Waals surface area contributed by atoms with Crippen LogP contribution < -0.4 is 11.1 Å². The first kappa shape index (κ1) is 15.3. The summed E-state index contributed by atoms with van der Waals surface area (Å²) in [6.45, 7) is 4.09. The number of carbonyl (C=O) groups is 1. The monoisotopic (exact) mass is 295 g/mol. The van der Waals surface area contributed by atoms with Crippen molar-refractivity contribution in [1.29, 1.82) is 0 Å². The zero-order chi connectivity index (χ0) is 14.7. The highest BCUT2D eigenvalue weighted by Crippen LogP contribution is 2.20. The zero-order valence-corrected chi connectivity index (χ0v) is 12.8. The Balaban J connectivity index is 1.93. The summed E-state index contributed by atoms with van der Waals surface area (Å²) in [5, 5.41) is 4.14. The number of amides is 1. The molecule has 1 saturated heterocycles. The minimum Gasteiger partial charge on any atom is -0.366 e. The van der Waals surface area contributed by atoms with Crippen molar-refractivity contribution in [2.75, 3.05) is 13.6 Å². The molecule has 2 atom stereocenters. The van der Waals surface area contributed by atoms with Gasteiger partial charge in [0, 0.05) is 29.2 Å². The van der Waals surface area contributed by atoms with Gasteiger partial charge in [-0.2, -0.15) is 0 Å². The van der Waals surface area contributed by atoms with Gasteiger partial charge in [0.25, 0.3) is 0 Å². The highest BCUT2D eigenvalue weighted by atomic mass is 35.5. The van der Waals surface area contributed by atoms with E-state index in [0.29, 0.717) is 22.7 Å². The van der Waals surface area contributed by atoms with Crippen LogP contribution in [0.4, 0.5) is 0 Å². The first-order valence-corrected chi connectivity index (χ1v) is 7.37. The summed E-state index contributed by atoms with van der Waals surface area (Å²) in [6.07, 6.45) is 2.30. The van der Waals surface area contributed by atoms with E-state index in [-0.39, 0.29) is 0 Å². The molecule has 3 N–H and O–H groups in total. The lowest BCUT2D eigenvalue weighted by atomic mass is 9.98. The average Bonchev–Trinajstić information content (AvgIpc) is 2.41. The van der Waals surface area contributed by atoms with Gasteiger partial charge in [0.1, 0.15) is 0 Å². The van der Waals surface area contributed by atoms with Gasteiger partial charge in [0.15, 0.2) is 0 Å². The number of benzene rings is 1. The Morgan fingerprint density at radius 3 is 2.90 bits per heavy atom. The summed E-state index contributed by atoms with van der Waals surface area (Å²) < 4.78 is 0. The van der Waals surface area contributed by atoms with E-state index in [9.17, 15) is 4.79 Å². The number of hydrogen-bond donors (Lipinski definition) is 2. The second kappa shape index (κ2) is 6.57. The van der Waals surface area contributed by atoms with Crippen LogP contribution in [0.1, 0.15) is 35.7 Å². The quantitative estimate of drug-likeness (QED) is 0.893. The topological polar surface area (TPSA) is 58.4 Å². The lowest BCUT2D eigenvalue weighted by molar-refractivity contribution is 0.100. The molecule has 1 aromatic carbocycles. The Kier molecular flexibility index (Phi) is 5.02. The maximum Gasteiger partial charge on any atom is 0.248 e. The van der Waals surface area contributed by atoms with E-state index in [1.807, 2.05) is 6.07 Å². The molecule has 0 bridgehead atoms. The summed E-state index contributed by atoms with van der Waals surface area (Å²) in [5.74, 6) is -0.449. The molecule has 1 amide bonds. The van der Waals surface area contributed by atoms with Crippen molar-refractivity contribution in [2.45, 2.75) is 38.4 Å². The molecule has 1 aliphatic rings. The fourth-order valence-electron chi connectivity index (χ4n) is 2.57. The Morgan fingerprint density at radius 2 is 2.30 bits per heavy atom. The number of rotatable bonds is 4. The highest BCUT2D eigenvalue weighted by molar-refractivity contribution is 6.31. The van der Waals surface area contributed by atoms with Crippen molar-refractivity contribution >= 4 is 17.5 Å². The molecule has 1 aromatic rings. The van der Waals surface area contributed by atoms with Gasteiger partial charge >= 0.3 is 0 Å². The number of carbonyl (C=O) groups excluding carboxylic acids is 1. The van der Waals surface area contributed by atoms with Crippen LogP contribution in [-0.2, 0) is 6.54 Å². The number of hydrogen-bond acceptors (Lipinski definition) is 3. The average molecular weight is 296 g/mol. The molecule has 0 aromatic heterocycles. The second-order valence-electron chi connectivity index (χ2n) is 5.60. The maximum absolute atomic E-state index is 11.1. The molecule has 1 heterocycles. The van der Waals surface area contributed by atoms with Crippen molar-refractivity contribution in [3.8, 4) is 0 Å². The third-order valence-electron chi connectivity index (χ3n) is 4.13. The first-order valence-electron chi connectivity index (χ1n) is 6.99. The number of nitrogens with two attached hydrogens (primary N) is 1. The predicted octanol–water partition coefficient (Wildman–Crippen LogP) is 2.01. The molecule has 110 valence electrons. The Morgan fingerprint density at radius 1 is 1.55 bits per heavy atom. The van der Waals surface area contributed by atoms with Crippen molar-refractivity contribution in [3.05, 3.63) is 34.3 Å². The van der Waals surface area contributed by atoms with E-state index in [1.54, 1.807) is 12.1 Å². The molecule has 1 fully saturated rings. The van der Waals surface area contributed by atoms with E-state index in [0.717, 1.165) is 31.5 Å². The van der Waals surface area contributed by atoms with Crippen molar-refractivity contribution in [2.24, 2.45) is 5.73 Å². The summed E-state index contributed by atoms with van der Waals surface area (Å²) in [4.78, 5) is 13.5. The number of piperidine rings is 1. The zero-order valence-electron chi connectivity index (χ0n) is 12.0. The van der Waals surface area contributed by atoms with Crippen molar-refractivity contribution in [3.63, 3.8) is 0 Å². The lowest BCUT2D eigenvalue weighted by Gasteiger charge is -2.35. The van der Waals surface area contributed by atoms with E-state index >= 15 is 0 Å². The molecule has 0 radical (unpaired) electrons. The molecule has 2 rings (SSSR count). The van der Waals surface area contributed by atoms with Gasteiger partial charge in [0.05, 0.1) is 0 Å². The van der Waals surface area contributed by atoms with Crippen LogP contribution in [0.2, 0.25) is 5.02 Å². The van der Waals surface area contributed by atoms with Crippen molar-refractivity contribution in [1.82, 2.24) is 10.2 Å². The minimum absolute atomic E-state index is 0.449. The third kappa shape index (κ3) is 3.72. The Hall–Kier alpha value is -1.10. The Labute approximate surface area is 125 Å². The van der Waals surface area contributed by atoms with Gasteiger partial charge in [0.2, 0.25) is 5.91 Å². The highest BCUT2D eigenvalue weighted by Gasteiger charge is 2.22. The molecular formula is C15H22ClN3O. The van der Waals surface area contributed by atoms with Crippen LogP contribution in [0.3, 0.4) is 0 Å². The first-order chi connectivity index (χ1) is 9.47. The summed E-state index contributed by atoms with van der Waals surface area (Å²) in [7, 11) is 2.17. The van der Waals surface area contributed by atoms with Crippen LogP contribution >= 0.6 is 11.6 Å². The number of halogens is 1. The van der Waals surface area contributed by atoms with Crippen LogP contribution in [0, 0.1) is 0 Å². The third-order valence-corrected chi connectivity index (χ3v) is 4.48. The fourth-order valence-corrected chi connectivity index (χ4v) is 2.82. The molecule has 1 aliphatic heterocycles. The van der Waals surface area contributed by atoms with Gasteiger partial charge in [-0.25, -0.2) is 0 Å². The SMILES string of the molecule is CC1CC(NCc2ccc(C(N)=O)cc2Cl)CCN1C. The minimum atomic E-state index is -0.449.